The van der Waals surface area contributed by atoms with Crippen LogP contribution in [0.3, 0.4) is 0 Å². The van der Waals surface area contributed by atoms with Crippen molar-refractivity contribution < 1.29 is 13.2 Å². The topological polar surface area (TPSA) is 29.0 Å². The van der Waals surface area contributed by atoms with E-state index in [0.29, 0.717) is 21.3 Å². The highest BCUT2D eigenvalue weighted by Crippen LogP contribution is 2.35. The number of nitrogens with zero attached hydrogens (tertiary/aromatic N) is 3. The summed E-state index contributed by atoms with van der Waals surface area (Å²) in [5.74, 6) is 0. The normalized spacial score (nSPS) is 19.1. The Morgan fingerprint density at radius 1 is 1.25 bits per heavy atom. The van der Waals surface area contributed by atoms with Gasteiger partial charge in [0.1, 0.15) is 0 Å². The van der Waals surface area contributed by atoms with Crippen LogP contribution in [-0.2, 0) is 6.18 Å². The summed E-state index contributed by atoms with van der Waals surface area (Å²) in [7, 11) is 0. The van der Waals surface area contributed by atoms with Gasteiger partial charge in [-0.1, -0.05) is 27.3 Å². The first-order valence-corrected chi connectivity index (χ1v) is 6.50. The molecule has 0 radical (unpaired) electrons. The molecule has 16 heavy (non-hydrogen) atoms. The Kier molecular flexibility index (Phi) is 3.39. The predicted molar refractivity (Wildman–Crippen MR) is 59.1 cm³/mol. The van der Waals surface area contributed by atoms with E-state index in [1.54, 1.807) is 0 Å². The number of hydrogen-bond acceptors (Lipinski definition) is 4. The van der Waals surface area contributed by atoms with Crippen molar-refractivity contribution in [2.75, 3.05) is 18.0 Å². The van der Waals surface area contributed by atoms with Gasteiger partial charge in [-0.05, 0) is 12.8 Å². The standard InChI is InChI=1S/C8H9BrF3N3S/c9-5-1-3-15(4-2-5)7-14-13-6(16-7)8(10,11)12/h5H,1-4H2. The number of anilines is 1. The van der Waals surface area contributed by atoms with Crippen molar-refractivity contribution >= 4 is 32.4 Å². The fraction of sp³-hybridized carbons (Fsp3) is 0.750. The molecule has 2 heterocycles. The molecule has 0 aliphatic carbocycles. The molecule has 0 spiro atoms. The molecule has 8 heteroatoms. The molecule has 0 aromatic carbocycles. The zero-order valence-electron chi connectivity index (χ0n) is 8.17. The Bertz CT molecular complexity index is 360. The highest BCUT2D eigenvalue weighted by Gasteiger charge is 2.36. The summed E-state index contributed by atoms with van der Waals surface area (Å²) in [6.07, 6.45) is -2.55. The Labute approximate surface area is 103 Å². The number of halogens is 4. The van der Waals surface area contributed by atoms with E-state index in [2.05, 4.69) is 26.1 Å². The van der Waals surface area contributed by atoms with Crippen molar-refractivity contribution in [1.29, 1.82) is 0 Å². The number of rotatable bonds is 1. The summed E-state index contributed by atoms with van der Waals surface area (Å²) >= 11 is 4.10. The van der Waals surface area contributed by atoms with Crippen LogP contribution in [0.5, 0.6) is 0 Å². The molecule has 0 N–H and O–H groups in total. The van der Waals surface area contributed by atoms with E-state index in [0.717, 1.165) is 25.9 Å². The van der Waals surface area contributed by atoms with E-state index in [1.165, 1.54) is 0 Å². The van der Waals surface area contributed by atoms with Gasteiger partial charge >= 0.3 is 6.18 Å². The van der Waals surface area contributed by atoms with Crippen LogP contribution in [0.1, 0.15) is 17.8 Å². The second kappa shape index (κ2) is 4.48. The fourth-order valence-electron chi connectivity index (χ4n) is 1.50. The van der Waals surface area contributed by atoms with Crippen LogP contribution < -0.4 is 4.90 Å². The van der Waals surface area contributed by atoms with Gasteiger partial charge in [-0.3, -0.25) is 0 Å². The van der Waals surface area contributed by atoms with E-state index in [9.17, 15) is 13.2 Å². The van der Waals surface area contributed by atoms with E-state index >= 15 is 0 Å². The highest BCUT2D eigenvalue weighted by atomic mass is 79.9. The lowest BCUT2D eigenvalue weighted by Crippen LogP contribution is -2.33. The molecule has 0 amide bonds. The molecule has 1 aliphatic rings. The Hall–Kier alpha value is -0.370. The van der Waals surface area contributed by atoms with Crippen LogP contribution in [0, 0.1) is 0 Å². The number of aromatic nitrogens is 2. The summed E-state index contributed by atoms with van der Waals surface area (Å²) in [6, 6.07) is 0. The van der Waals surface area contributed by atoms with Gasteiger partial charge < -0.3 is 4.90 Å². The third-order valence-electron chi connectivity index (χ3n) is 2.35. The smallest absolute Gasteiger partial charge is 0.347 e. The second-order valence-corrected chi connectivity index (χ2v) is 5.80. The lowest BCUT2D eigenvalue weighted by atomic mass is 10.1. The van der Waals surface area contributed by atoms with E-state index in [4.69, 9.17) is 0 Å². The molecule has 1 saturated heterocycles. The lowest BCUT2D eigenvalue weighted by molar-refractivity contribution is -0.138. The van der Waals surface area contributed by atoms with Gasteiger partial charge in [0.2, 0.25) is 10.1 Å². The van der Waals surface area contributed by atoms with Crippen molar-refractivity contribution in [3.63, 3.8) is 0 Å². The van der Waals surface area contributed by atoms with Crippen LogP contribution >= 0.6 is 27.3 Å². The molecule has 3 nitrogen and oxygen atoms in total. The molecular formula is C8H9BrF3N3S. The maximum absolute atomic E-state index is 12.3. The van der Waals surface area contributed by atoms with Crippen molar-refractivity contribution in [3.8, 4) is 0 Å². The summed E-state index contributed by atoms with van der Waals surface area (Å²) in [5, 5.41) is 6.26. The Morgan fingerprint density at radius 3 is 2.38 bits per heavy atom. The number of alkyl halides is 4. The van der Waals surface area contributed by atoms with Crippen LogP contribution in [-0.4, -0.2) is 28.1 Å². The lowest BCUT2D eigenvalue weighted by Gasteiger charge is -2.28. The molecule has 0 atom stereocenters. The maximum Gasteiger partial charge on any atom is 0.445 e. The predicted octanol–water partition coefficient (Wildman–Crippen LogP) is 2.92. The van der Waals surface area contributed by atoms with Gasteiger partial charge in [0, 0.05) is 17.9 Å². The molecule has 0 bridgehead atoms. The Balaban J connectivity index is 2.08. The van der Waals surface area contributed by atoms with Gasteiger partial charge in [-0.2, -0.15) is 13.2 Å². The molecule has 1 aromatic rings. The van der Waals surface area contributed by atoms with Crippen molar-refractivity contribution in [2.45, 2.75) is 23.8 Å². The molecule has 0 saturated carbocycles. The van der Waals surface area contributed by atoms with Crippen LogP contribution in [0.15, 0.2) is 0 Å². The number of piperidine rings is 1. The van der Waals surface area contributed by atoms with Crippen LogP contribution in [0.25, 0.3) is 0 Å². The van der Waals surface area contributed by atoms with Gasteiger partial charge in [0.05, 0.1) is 0 Å². The zero-order valence-corrected chi connectivity index (χ0v) is 10.6. The fourth-order valence-corrected chi connectivity index (χ4v) is 2.67. The molecule has 2 rings (SSSR count). The second-order valence-electron chi connectivity index (χ2n) is 3.55. The van der Waals surface area contributed by atoms with Crippen LogP contribution in [0.2, 0.25) is 0 Å². The van der Waals surface area contributed by atoms with Gasteiger partial charge in [0.15, 0.2) is 0 Å². The minimum atomic E-state index is -4.39. The third-order valence-corrected chi connectivity index (χ3v) is 4.30. The largest absolute Gasteiger partial charge is 0.445 e. The number of hydrogen-bond donors (Lipinski definition) is 0. The van der Waals surface area contributed by atoms with Crippen molar-refractivity contribution in [1.82, 2.24) is 10.2 Å². The summed E-state index contributed by atoms with van der Waals surface area (Å²) in [6.45, 7) is 1.45. The average Bonchev–Trinajstić information content (AvgIpc) is 2.67. The highest BCUT2D eigenvalue weighted by molar-refractivity contribution is 9.09. The van der Waals surface area contributed by atoms with Gasteiger partial charge in [-0.25, -0.2) is 0 Å². The first-order chi connectivity index (χ1) is 7.47. The first kappa shape index (κ1) is 12.1. The molecule has 1 aliphatic heterocycles. The van der Waals surface area contributed by atoms with Crippen molar-refractivity contribution in [2.24, 2.45) is 0 Å². The molecule has 0 unspecified atom stereocenters. The molecule has 90 valence electrons. The summed E-state index contributed by atoms with van der Waals surface area (Å²) in [5.41, 5.74) is 0. The molecular weight excluding hydrogens is 307 g/mol. The minimum absolute atomic E-state index is 0.367. The Morgan fingerprint density at radius 2 is 1.88 bits per heavy atom. The van der Waals surface area contributed by atoms with Crippen molar-refractivity contribution in [3.05, 3.63) is 5.01 Å². The first-order valence-electron chi connectivity index (χ1n) is 4.76. The molecule has 1 fully saturated rings. The van der Waals surface area contributed by atoms with E-state index in [-0.39, 0.29) is 0 Å². The van der Waals surface area contributed by atoms with Crippen LogP contribution in [0.4, 0.5) is 18.3 Å². The SMILES string of the molecule is FC(F)(F)c1nnc(N2CCC(Br)CC2)s1. The zero-order chi connectivity index (χ0) is 11.8. The molecule has 1 aromatic heterocycles. The quantitative estimate of drug-likeness (QED) is 0.746. The van der Waals surface area contributed by atoms with E-state index in [1.807, 2.05) is 4.90 Å². The third kappa shape index (κ3) is 2.65. The minimum Gasteiger partial charge on any atom is -0.347 e. The van der Waals surface area contributed by atoms with E-state index < -0.39 is 11.2 Å². The van der Waals surface area contributed by atoms with Gasteiger partial charge in [0.25, 0.3) is 0 Å². The van der Waals surface area contributed by atoms with Gasteiger partial charge in [-0.15, -0.1) is 10.2 Å². The average molecular weight is 316 g/mol. The monoisotopic (exact) mass is 315 g/mol. The summed E-state index contributed by atoms with van der Waals surface area (Å²) in [4.78, 5) is 2.31. The maximum atomic E-state index is 12.3. The summed E-state index contributed by atoms with van der Waals surface area (Å²) < 4.78 is 36.9.